The number of nitrogens with one attached hydrogen (secondary N) is 1. The number of hydrogen-bond acceptors (Lipinski definition) is 3. The van der Waals surface area contributed by atoms with Crippen molar-refractivity contribution in [3.8, 4) is 0 Å². The molecule has 2 amide bonds. The summed E-state index contributed by atoms with van der Waals surface area (Å²) < 4.78 is 0. The zero-order valence-corrected chi connectivity index (χ0v) is 19.2. The number of nitrogens with zero attached hydrogens (tertiary/aromatic N) is 2. The molecule has 0 bridgehead atoms. The molecule has 3 rings (SSSR count). The Labute approximate surface area is 186 Å². The van der Waals surface area contributed by atoms with E-state index in [-0.39, 0.29) is 17.7 Å². The SMILES string of the molecule is CC(C)CC(=O)N1Cc2ccccc2CC1C(=O)NCCCc1ccc(N(C)C)cc1. The number of fused-ring (bicyclic) bond motifs is 1. The molecule has 2 aromatic rings. The third-order valence-corrected chi connectivity index (χ3v) is 5.85. The molecule has 1 heterocycles. The van der Waals surface area contributed by atoms with Gasteiger partial charge >= 0.3 is 0 Å². The summed E-state index contributed by atoms with van der Waals surface area (Å²) in [6.07, 6.45) is 2.83. The lowest BCUT2D eigenvalue weighted by Crippen LogP contribution is -2.52. The Kier molecular flexibility index (Phi) is 7.72. The van der Waals surface area contributed by atoms with Crippen molar-refractivity contribution < 1.29 is 9.59 Å². The maximum atomic E-state index is 13.0. The number of benzene rings is 2. The van der Waals surface area contributed by atoms with Crippen molar-refractivity contribution in [3.05, 3.63) is 65.2 Å². The molecule has 166 valence electrons. The summed E-state index contributed by atoms with van der Waals surface area (Å²) in [5.74, 6) is 0.285. The summed E-state index contributed by atoms with van der Waals surface area (Å²) >= 11 is 0. The number of carbonyl (C=O) groups excluding carboxylic acids is 2. The number of anilines is 1. The Hall–Kier alpha value is -2.82. The van der Waals surface area contributed by atoms with Crippen LogP contribution in [0.3, 0.4) is 0 Å². The number of hydrogen-bond donors (Lipinski definition) is 1. The minimum Gasteiger partial charge on any atom is -0.378 e. The third kappa shape index (κ3) is 6.09. The van der Waals surface area contributed by atoms with Gasteiger partial charge in [0.2, 0.25) is 11.8 Å². The van der Waals surface area contributed by atoms with Crippen molar-refractivity contribution in [2.24, 2.45) is 5.92 Å². The van der Waals surface area contributed by atoms with E-state index >= 15 is 0 Å². The van der Waals surface area contributed by atoms with Gasteiger partial charge in [-0.15, -0.1) is 0 Å². The molecular formula is C26H35N3O2. The molecule has 0 spiro atoms. The lowest BCUT2D eigenvalue weighted by molar-refractivity contribution is -0.142. The van der Waals surface area contributed by atoms with Gasteiger partial charge in [-0.25, -0.2) is 0 Å². The maximum absolute atomic E-state index is 13.0. The topological polar surface area (TPSA) is 52.7 Å². The zero-order valence-electron chi connectivity index (χ0n) is 19.2. The Bertz CT molecular complexity index is 890. The maximum Gasteiger partial charge on any atom is 0.243 e. The summed E-state index contributed by atoms with van der Waals surface area (Å²) in [6, 6.07) is 16.2. The molecule has 31 heavy (non-hydrogen) atoms. The predicted molar refractivity (Wildman–Crippen MR) is 126 cm³/mol. The van der Waals surface area contributed by atoms with Crippen LogP contribution in [-0.2, 0) is 29.0 Å². The Balaban J connectivity index is 1.58. The zero-order chi connectivity index (χ0) is 22.4. The second-order valence-corrected chi connectivity index (χ2v) is 9.06. The molecular weight excluding hydrogens is 386 g/mol. The van der Waals surface area contributed by atoms with Gasteiger partial charge in [0, 0.05) is 45.7 Å². The van der Waals surface area contributed by atoms with E-state index in [1.54, 1.807) is 4.90 Å². The fraction of sp³-hybridized carbons (Fsp3) is 0.462. The highest BCUT2D eigenvalue weighted by Gasteiger charge is 2.34. The molecule has 5 heteroatoms. The van der Waals surface area contributed by atoms with E-state index in [0.29, 0.717) is 25.9 Å². The van der Waals surface area contributed by atoms with Crippen molar-refractivity contribution in [1.82, 2.24) is 10.2 Å². The monoisotopic (exact) mass is 421 g/mol. The van der Waals surface area contributed by atoms with E-state index < -0.39 is 6.04 Å². The average Bonchev–Trinajstić information content (AvgIpc) is 2.75. The van der Waals surface area contributed by atoms with Crippen LogP contribution >= 0.6 is 0 Å². The molecule has 1 aliphatic rings. The highest BCUT2D eigenvalue weighted by atomic mass is 16.2. The molecule has 0 aliphatic carbocycles. The van der Waals surface area contributed by atoms with Crippen LogP contribution in [0.2, 0.25) is 0 Å². The molecule has 0 saturated heterocycles. The summed E-state index contributed by atoms with van der Waals surface area (Å²) in [5.41, 5.74) is 4.75. The quantitative estimate of drug-likeness (QED) is 0.660. The van der Waals surface area contributed by atoms with Crippen LogP contribution in [0.1, 0.15) is 43.4 Å². The van der Waals surface area contributed by atoms with Gasteiger partial charge in [0.15, 0.2) is 0 Å². The largest absolute Gasteiger partial charge is 0.378 e. The van der Waals surface area contributed by atoms with Gasteiger partial charge in [-0.3, -0.25) is 9.59 Å². The summed E-state index contributed by atoms with van der Waals surface area (Å²) in [6.45, 7) is 5.20. The number of aryl methyl sites for hydroxylation is 1. The first-order chi connectivity index (χ1) is 14.8. The normalized spacial score (nSPS) is 15.5. The number of amides is 2. The Morgan fingerprint density at radius 3 is 2.39 bits per heavy atom. The van der Waals surface area contributed by atoms with Crippen LogP contribution in [0.15, 0.2) is 48.5 Å². The van der Waals surface area contributed by atoms with Crippen LogP contribution in [0.5, 0.6) is 0 Å². The first-order valence-electron chi connectivity index (χ1n) is 11.3. The van der Waals surface area contributed by atoms with Crippen molar-refractivity contribution >= 4 is 17.5 Å². The van der Waals surface area contributed by atoms with Crippen LogP contribution in [0.4, 0.5) is 5.69 Å². The standard InChI is InChI=1S/C26H35N3O2/c1-19(2)16-25(30)29-18-22-10-6-5-9-21(22)17-24(29)26(31)27-15-7-8-20-11-13-23(14-12-20)28(3)4/h5-6,9-14,19,24H,7-8,15-18H2,1-4H3,(H,27,31). The highest BCUT2D eigenvalue weighted by Crippen LogP contribution is 2.25. The first-order valence-corrected chi connectivity index (χ1v) is 11.3. The second-order valence-electron chi connectivity index (χ2n) is 9.06. The highest BCUT2D eigenvalue weighted by molar-refractivity contribution is 5.88. The van der Waals surface area contributed by atoms with E-state index in [9.17, 15) is 9.59 Å². The lowest BCUT2D eigenvalue weighted by atomic mass is 9.92. The smallest absolute Gasteiger partial charge is 0.243 e. The van der Waals surface area contributed by atoms with Crippen molar-refractivity contribution in [2.45, 2.75) is 52.1 Å². The molecule has 2 aromatic carbocycles. The van der Waals surface area contributed by atoms with Gasteiger partial charge in [0.05, 0.1) is 0 Å². The third-order valence-electron chi connectivity index (χ3n) is 5.85. The molecule has 1 atom stereocenters. The van der Waals surface area contributed by atoms with Gasteiger partial charge in [-0.05, 0) is 47.6 Å². The van der Waals surface area contributed by atoms with Gasteiger partial charge < -0.3 is 15.1 Å². The van der Waals surface area contributed by atoms with Crippen molar-refractivity contribution in [2.75, 3.05) is 25.5 Å². The summed E-state index contributed by atoms with van der Waals surface area (Å²) in [5, 5.41) is 3.08. The van der Waals surface area contributed by atoms with E-state index in [2.05, 4.69) is 46.6 Å². The van der Waals surface area contributed by atoms with Crippen LogP contribution in [0.25, 0.3) is 0 Å². The molecule has 0 aromatic heterocycles. The molecule has 1 N–H and O–H groups in total. The molecule has 0 saturated carbocycles. The lowest BCUT2D eigenvalue weighted by Gasteiger charge is -2.36. The molecule has 0 radical (unpaired) electrons. The van der Waals surface area contributed by atoms with E-state index in [1.807, 2.05) is 40.1 Å². The van der Waals surface area contributed by atoms with Crippen LogP contribution in [-0.4, -0.2) is 43.4 Å². The fourth-order valence-corrected chi connectivity index (χ4v) is 4.07. The van der Waals surface area contributed by atoms with Crippen LogP contribution in [0, 0.1) is 5.92 Å². The summed E-state index contributed by atoms with van der Waals surface area (Å²) in [7, 11) is 4.06. The average molecular weight is 422 g/mol. The van der Waals surface area contributed by atoms with Crippen LogP contribution < -0.4 is 10.2 Å². The molecule has 5 nitrogen and oxygen atoms in total. The molecule has 1 aliphatic heterocycles. The van der Waals surface area contributed by atoms with Gasteiger partial charge in [-0.1, -0.05) is 50.2 Å². The minimum absolute atomic E-state index is 0.0467. The molecule has 1 unspecified atom stereocenters. The Morgan fingerprint density at radius 2 is 1.74 bits per heavy atom. The predicted octanol–water partition coefficient (Wildman–Crippen LogP) is 3.80. The van der Waals surface area contributed by atoms with E-state index in [1.165, 1.54) is 11.3 Å². The first kappa shape index (κ1) is 22.9. The van der Waals surface area contributed by atoms with E-state index in [0.717, 1.165) is 24.0 Å². The van der Waals surface area contributed by atoms with E-state index in [4.69, 9.17) is 0 Å². The summed E-state index contributed by atoms with van der Waals surface area (Å²) in [4.78, 5) is 29.8. The molecule has 0 fully saturated rings. The fourth-order valence-electron chi connectivity index (χ4n) is 4.07. The van der Waals surface area contributed by atoms with Gasteiger partial charge in [0.1, 0.15) is 6.04 Å². The number of rotatable bonds is 8. The Morgan fingerprint density at radius 1 is 1.06 bits per heavy atom. The van der Waals surface area contributed by atoms with Crippen molar-refractivity contribution in [1.29, 1.82) is 0 Å². The number of carbonyl (C=O) groups is 2. The second kappa shape index (κ2) is 10.5. The van der Waals surface area contributed by atoms with Crippen molar-refractivity contribution in [3.63, 3.8) is 0 Å². The minimum atomic E-state index is -0.430. The van der Waals surface area contributed by atoms with Gasteiger partial charge in [-0.2, -0.15) is 0 Å². The van der Waals surface area contributed by atoms with Gasteiger partial charge in [0.25, 0.3) is 0 Å².